The fourth-order valence-electron chi connectivity index (χ4n) is 2.29. The second kappa shape index (κ2) is 8.93. The van der Waals surface area contributed by atoms with Crippen molar-refractivity contribution in [3.8, 4) is 5.75 Å². The molecule has 0 saturated heterocycles. The number of halogens is 1. The average molecular weight is 282 g/mol. The molecule has 1 rings (SSSR count). The average Bonchev–Trinajstić information content (AvgIpc) is 2.40. The van der Waals surface area contributed by atoms with Gasteiger partial charge < -0.3 is 15.3 Å². The Balaban J connectivity index is 2.27. The molecule has 0 fully saturated rings. The quantitative estimate of drug-likeness (QED) is 0.730. The summed E-state index contributed by atoms with van der Waals surface area (Å²) in [4.78, 5) is 2.41. The van der Waals surface area contributed by atoms with E-state index in [4.69, 9.17) is 0 Å². The topological polar surface area (TPSA) is 35.5 Å². The molecule has 0 spiro atoms. The molecule has 20 heavy (non-hydrogen) atoms. The second-order valence-electron chi connectivity index (χ2n) is 5.27. The standard InChI is InChI=1S/C16H27FN2O/c1-4-19(5-2)8-6-7-13(3)18-12-14-9-15(17)11-16(20)10-14/h9-11,13,18,20H,4-8,12H2,1-3H3. The minimum Gasteiger partial charge on any atom is -0.508 e. The van der Waals surface area contributed by atoms with Crippen LogP contribution in [0.15, 0.2) is 18.2 Å². The fourth-order valence-corrected chi connectivity index (χ4v) is 2.29. The molecule has 4 heteroatoms. The summed E-state index contributed by atoms with van der Waals surface area (Å²) in [5.74, 6) is -0.410. The van der Waals surface area contributed by atoms with Crippen molar-refractivity contribution in [1.82, 2.24) is 10.2 Å². The number of benzene rings is 1. The smallest absolute Gasteiger partial charge is 0.127 e. The van der Waals surface area contributed by atoms with E-state index in [2.05, 4.69) is 31.0 Å². The van der Waals surface area contributed by atoms with Gasteiger partial charge in [-0.25, -0.2) is 4.39 Å². The lowest BCUT2D eigenvalue weighted by molar-refractivity contribution is 0.290. The molecule has 0 aliphatic heterocycles. The summed E-state index contributed by atoms with van der Waals surface area (Å²) in [6.07, 6.45) is 2.25. The van der Waals surface area contributed by atoms with Gasteiger partial charge in [0.25, 0.3) is 0 Å². The number of phenolic OH excluding ortho intramolecular Hbond substituents is 1. The second-order valence-corrected chi connectivity index (χ2v) is 5.27. The van der Waals surface area contributed by atoms with Crippen LogP contribution in [0.25, 0.3) is 0 Å². The fraction of sp³-hybridized carbons (Fsp3) is 0.625. The Morgan fingerprint density at radius 2 is 1.95 bits per heavy atom. The van der Waals surface area contributed by atoms with E-state index in [1.807, 2.05) is 0 Å². The number of hydrogen-bond donors (Lipinski definition) is 2. The maximum absolute atomic E-state index is 13.1. The van der Waals surface area contributed by atoms with Crippen LogP contribution in [-0.4, -0.2) is 35.7 Å². The van der Waals surface area contributed by atoms with Gasteiger partial charge in [0, 0.05) is 18.7 Å². The van der Waals surface area contributed by atoms with E-state index in [0.717, 1.165) is 44.1 Å². The Morgan fingerprint density at radius 1 is 1.25 bits per heavy atom. The van der Waals surface area contributed by atoms with Crippen LogP contribution >= 0.6 is 0 Å². The van der Waals surface area contributed by atoms with Gasteiger partial charge in [-0.3, -0.25) is 0 Å². The summed E-state index contributed by atoms with van der Waals surface area (Å²) in [7, 11) is 0. The molecule has 0 bridgehead atoms. The first kappa shape index (κ1) is 16.9. The Bertz CT molecular complexity index is 374. The molecule has 1 aromatic rings. The highest BCUT2D eigenvalue weighted by atomic mass is 19.1. The highest BCUT2D eigenvalue weighted by Crippen LogP contribution is 2.14. The SMILES string of the molecule is CCN(CC)CCCC(C)NCc1cc(O)cc(F)c1. The molecule has 0 aliphatic carbocycles. The van der Waals surface area contributed by atoms with Crippen molar-refractivity contribution < 1.29 is 9.50 Å². The molecule has 0 amide bonds. The van der Waals surface area contributed by atoms with E-state index in [9.17, 15) is 9.50 Å². The largest absolute Gasteiger partial charge is 0.508 e. The van der Waals surface area contributed by atoms with Gasteiger partial charge in [-0.1, -0.05) is 13.8 Å². The van der Waals surface area contributed by atoms with Gasteiger partial charge >= 0.3 is 0 Å². The molecule has 114 valence electrons. The molecule has 3 nitrogen and oxygen atoms in total. The summed E-state index contributed by atoms with van der Waals surface area (Å²) >= 11 is 0. The number of nitrogens with zero attached hydrogens (tertiary/aromatic N) is 1. The van der Waals surface area contributed by atoms with E-state index in [0.29, 0.717) is 12.6 Å². The van der Waals surface area contributed by atoms with Gasteiger partial charge in [0.1, 0.15) is 11.6 Å². The van der Waals surface area contributed by atoms with Crippen LogP contribution in [0.5, 0.6) is 5.75 Å². The first-order chi connectivity index (χ1) is 9.55. The van der Waals surface area contributed by atoms with Crippen LogP contribution in [0.1, 0.15) is 39.2 Å². The van der Waals surface area contributed by atoms with Crippen LogP contribution in [0, 0.1) is 5.82 Å². The molecule has 0 heterocycles. The lowest BCUT2D eigenvalue weighted by Gasteiger charge is -2.19. The predicted octanol–water partition coefficient (Wildman–Crippen LogP) is 3.13. The Labute approximate surface area is 121 Å². The maximum atomic E-state index is 13.1. The van der Waals surface area contributed by atoms with Crippen molar-refractivity contribution in [3.63, 3.8) is 0 Å². The maximum Gasteiger partial charge on any atom is 0.127 e. The molecule has 1 aromatic carbocycles. The minimum absolute atomic E-state index is 0.0176. The molecular weight excluding hydrogens is 255 g/mol. The molecule has 1 atom stereocenters. The normalized spacial score (nSPS) is 12.8. The number of phenols is 1. The third-order valence-corrected chi connectivity index (χ3v) is 3.60. The van der Waals surface area contributed by atoms with E-state index in [1.54, 1.807) is 6.07 Å². The summed E-state index contributed by atoms with van der Waals surface area (Å²) in [5, 5.41) is 12.7. The number of nitrogens with one attached hydrogen (secondary N) is 1. The molecular formula is C16H27FN2O. The molecule has 2 N–H and O–H groups in total. The summed E-state index contributed by atoms with van der Waals surface area (Å²) in [6, 6.07) is 4.56. The van der Waals surface area contributed by atoms with Crippen molar-refractivity contribution in [1.29, 1.82) is 0 Å². The molecule has 0 saturated carbocycles. The van der Waals surface area contributed by atoms with Gasteiger partial charge in [0.05, 0.1) is 0 Å². The molecule has 1 unspecified atom stereocenters. The number of hydrogen-bond acceptors (Lipinski definition) is 3. The summed E-state index contributed by atoms with van der Waals surface area (Å²) in [6.45, 7) is 10.4. The van der Waals surface area contributed by atoms with E-state index < -0.39 is 5.82 Å². The Morgan fingerprint density at radius 3 is 2.55 bits per heavy atom. The van der Waals surface area contributed by atoms with Gasteiger partial charge in [-0.2, -0.15) is 0 Å². The van der Waals surface area contributed by atoms with Crippen molar-refractivity contribution in [2.75, 3.05) is 19.6 Å². The predicted molar refractivity (Wildman–Crippen MR) is 81.4 cm³/mol. The van der Waals surface area contributed by atoms with Gasteiger partial charge in [-0.15, -0.1) is 0 Å². The zero-order valence-corrected chi connectivity index (χ0v) is 12.8. The minimum atomic E-state index is -0.393. The number of aromatic hydroxyl groups is 1. The van der Waals surface area contributed by atoms with Crippen LogP contribution in [0.4, 0.5) is 4.39 Å². The Hall–Kier alpha value is -1.13. The highest BCUT2D eigenvalue weighted by molar-refractivity contribution is 5.28. The van der Waals surface area contributed by atoms with Crippen molar-refractivity contribution >= 4 is 0 Å². The monoisotopic (exact) mass is 282 g/mol. The first-order valence-electron chi connectivity index (χ1n) is 7.49. The molecule has 0 aliphatic rings. The summed E-state index contributed by atoms with van der Waals surface area (Å²) < 4.78 is 13.1. The van der Waals surface area contributed by atoms with Crippen molar-refractivity contribution in [3.05, 3.63) is 29.6 Å². The van der Waals surface area contributed by atoms with Crippen LogP contribution in [0.2, 0.25) is 0 Å². The zero-order chi connectivity index (χ0) is 15.0. The molecule has 0 aromatic heterocycles. The highest BCUT2D eigenvalue weighted by Gasteiger charge is 2.05. The first-order valence-corrected chi connectivity index (χ1v) is 7.49. The lowest BCUT2D eigenvalue weighted by Crippen LogP contribution is -2.28. The third kappa shape index (κ3) is 6.35. The van der Waals surface area contributed by atoms with E-state index >= 15 is 0 Å². The van der Waals surface area contributed by atoms with E-state index in [1.165, 1.54) is 6.07 Å². The van der Waals surface area contributed by atoms with Gasteiger partial charge in [0.15, 0.2) is 0 Å². The van der Waals surface area contributed by atoms with Crippen LogP contribution < -0.4 is 5.32 Å². The van der Waals surface area contributed by atoms with Gasteiger partial charge in [0.2, 0.25) is 0 Å². The summed E-state index contributed by atoms with van der Waals surface area (Å²) in [5.41, 5.74) is 0.776. The van der Waals surface area contributed by atoms with Gasteiger partial charge in [-0.05, 0) is 57.1 Å². The Kier molecular flexibility index (Phi) is 7.55. The third-order valence-electron chi connectivity index (χ3n) is 3.60. The van der Waals surface area contributed by atoms with E-state index in [-0.39, 0.29) is 5.75 Å². The lowest BCUT2D eigenvalue weighted by atomic mass is 10.1. The van der Waals surface area contributed by atoms with Crippen molar-refractivity contribution in [2.24, 2.45) is 0 Å². The van der Waals surface area contributed by atoms with Crippen molar-refractivity contribution in [2.45, 2.75) is 46.2 Å². The zero-order valence-electron chi connectivity index (χ0n) is 12.8. The number of rotatable bonds is 9. The van der Waals surface area contributed by atoms with Crippen LogP contribution in [-0.2, 0) is 6.54 Å². The molecule has 0 radical (unpaired) electrons. The van der Waals surface area contributed by atoms with Crippen LogP contribution in [0.3, 0.4) is 0 Å².